The van der Waals surface area contributed by atoms with E-state index in [1.54, 1.807) is 0 Å². The Morgan fingerprint density at radius 3 is 2.75 bits per heavy atom. The van der Waals surface area contributed by atoms with Gasteiger partial charge in [-0.2, -0.15) is 12.6 Å². The van der Waals surface area contributed by atoms with E-state index < -0.39 is 0 Å². The first-order chi connectivity index (χ1) is 7.76. The highest BCUT2D eigenvalue weighted by Gasteiger charge is 2.15. The Bertz CT molecular complexity index is 172. The fraction of sp³-hybridized carbons (Fsp3) is 1.00. The van der Waals surface area contributed by atoms with Gasteiger partial charge in [0.2, 0.25) is 0 Å². The first-order valence-corrected chi connectivity index (χ1v) is 7.72. The number of likely N-dealkylation sites (tertiary alicyclic amines) is 1. The second kappa shape index (κ2) is 8.41. The van der Waals surface area contributed by atoms with E-state index in [2.05, 4.69) is 31.4 Å². The molecule has 96 valence electrons. The fourth-order valence-corrected chi connectivity index (χ4v) is 3.07. The Morgan fingerprint density at radius 2 is 2.06 bits per heavy atom. The van der Waals surface area contributed by atoms with Gasteiger partial charge in [-0.3, -0.25) is 0 Å². The minimum Gasteiger partial charge on any atom is -0.303 e. The van der Waals surface area contributed by atoms with E-state index in [4.69, 9.17) is 0 Å². The van der Waals surface area contributed by atoms with Crippen molar-refractivity contribution in [3.8, 4) is 0 Å². The quantitative estimate of drug-likeness (QED) is 0.694. The van der Waals surface area contributed by atoms with Gasteiger partial charge in [0.05, 0.1) is 0 Å². The van der Waals surface area contributed by atoms with E-state index in [1.165, 1.54) is 58.2 Å². The van der Waals surface area contributed by atoms with Gasteiger partial charge in [-0.15, -0.1) is 0 Å². The Balaban J connectivity index is 2.17. The van der Waals surface area contributed by atoms with Crippen LogP contribution in [0.25, 0.3) is 0 Å². The highest BCUT2D eigenvalue weighted by atomic mass is 32.1. The fourth-order valence-electron chi connectivity index (χ4n) is 2.62. The maximum Gasteiger partial charge on any atom is -0.00161 e. The summed E-state index contributed by atoms with van der Waals surface area (Å²) in [5.74, 6) is 2.89. The van der Waals surface area contributed by atoms with Gasteiger partial charge < -0.3 is 4.90 Å². The topological polar surface area (TPSA) is 3.24 Å². The lowest BCUT2D eigenvalue weighted by Gasteiger charge is -2.22. The summed E-state index contributed by atoms with van der Waals surface area (Å²) in [4.78, 5) is 2.69. The van der Waals surface area contributed by atoms with Crippen molar-refractivity contribution >= 4 is 12.6 Å². The molecule has 2 atom stereocenters. The molecule has 1 nitrogen and oxygen atoms in total. The van der Waals surface area contributed by atoms with Gasteiger partial charge in [0.25, 0.3) is 0 Å². The van der Waals surface area contributed by atoms with E-state index in [0.29, 0.717) is 0 Å². The molecule has 0 aromatic heterocycles. The standard InChI is InChI=1S/C14H29NS/c1-3-14-5-4-9-15(11-7-14)10-6-13(2)8-12-16/h13-14,16H,3-12H2,1-2H3. The van der Waals surface area contributed by atoms with Crippen LogP contribution in [-0.4, -0.2) is 30.3 Å². The van der Waals surface area contributed by atoms with Gasteiger partial charge in [-0.05, 0) is 69.3 Å². The number of rotatable bonds is 6. The second-order valence-corrected chi connectivity index (χ2v) is 5.90. The molecular formula is C14H29NS. The number of hydrogen-bond acceptors (Lipinski definition) is 2. The van der Waals surface area contributed by atoms with Crippen LogP contribution >= 0.6 is 12.6 Å². The molecule has 0 aliphatic carbocycles. The van der Waals surface area contributed by atoms with Crippen LogP contribution in [0.2, 0.25) is 0 Å². The first kappa shape index (κ1) is 14.4. The van der Waals surface area contributed by atoms with Crippen molar-refractivity contribution in [2.75, 3.05) is 25.4 Å². The van der Waals surface area contributed by atoms with Crippen molar-refractivity contribution in [2.24, 2.45) is 11.8 Å². The summed E-state index contributed by atoms with van der Waals surface area (Å²) >= 11 is 4.31. The second-order valence-electron chi connectivity index (χ2n) is 5.45. The Morgan fingerprint density at radius 1 is 1.25 bits per heavy atom. The molecule has 1 aliphatic heterocycles. The molecule has 1 heterocycles. The number of thiol groups is 1. The number of hydrogen-bond donors (Lipinski definition) is 1. The molecule has 0 N–H and O–H groups in total. The van der Waals surface area contributed by atoms with Crippen molar-refractivity contribution < 1.29 is 0 Å². The lowest BCUT2D eigenvalue weighted by atomic mass is 9.98. The molecular weight excluding hydrogens is 214 g/mol. The summed E-state index contributed by atoms with van der Waals surface area (Å²) < 4.78 is 0. The van der Waals surface area contributed by atoms with Crippen LogP contribution in [0.1, 0.15) is 52.4 Å². The van der Waals surface area contributed by atoms with Crippen molar-refractivity contribution in [1.82, 2.24) is 4.90 Å². The molecule has 1 rings (SSSR count). The molecule has 0 saturated carbocycles. The minimum absolute atomic E-state index is 0.850. The average Bonchev–Trinajstić information content (AvgIpc) is 2.51. The zero-order valence-electron chi connectivity index (χ0n) is 11.1. The van der Waals surface area contributed by atoms with Crippen molar-refractivity contribution in [3.63, 3.8) is 0 Å². The van der Waals surface area contributed by atoms with Crippen molar-refractivity contribution in [3.05, 3.63) is 0 Å². The minimum atomic E-state index is 0.850. The predicted octanol–water partition coefficient (Wildman–Crippen LogP) is 3.84. The van der Waals surface area contributed by atoms with Crippen molar-refractivity contribution in [1.29, 1.82) is 0 Å². The molecule has 1 saturated heterocycles. The molecule has 16 heavy (non-hydrogen) atoms. The van der Waals surface area contributed by atoms with E-state index in [9.17, 15) is 0 Å². The highest BCUT2D eigenvalue weighted by Crippen LogP contribution is 2.21. The third-order valence-corrected chi connectivity index (χ3v) is 4.34. The third-order valence-electron chi connectivity index (χ3n) is 4.08. The summed E-state index contributed by atoms with van der Waals surface area (Å²) in [6.07, 6.45) is 8.31. The van der Waals surface area contributed by atoms with Crippen LogP contribution < -0.4 is 0 Å². The molecule has 0 bridgehead atoms. The van der Waals surface area contributed by atoms with Crippen LogP contribution in [-0.2, 0) is 0 Å². The lowest BCUT2D eigenvalue weighted by Crippen LogP contribution is -2.27. The zero-order chi connectivity index (χ0) is 11.8. The zero-order valence-corrected chi connectivity index (χ0v) is 12.0. The van der Waals surface area contributed by atoms with Crippen LogP contribution in [0, 0.1) is 11.8 Å². The Kier molecular flexibility index (Phi) is 7.55. The van der Waals surface area contributed by atoms with Crippen LogP contribution in [0.3, 0.4) is 0 Å². The molecule has 1 fully saturated rings. The van der Waals surface area contributed by atoms with Gasteiger partial charge in [-0.1, -0.05) is 20.3 Å². The summed E-state index contributed by atoms with van der Waals surface area (Å²) in [5, 5.41) is 0. The summed E-state index contributed by atoms with van der Waals surface area (Å²) in [7, 11) is 0. The van der Waals surface area contributed by atoms with Gasteiger partial charge in [0, 0.05) is 0 Å². The summed E-state index contributed by atoms with van der Waals surface area (Å²) in [6.45, 7) is 8.69. The van der Waals surface area contributed by atoms with Crippen LogP contribution in [0.15, 0.2) is 0 Å². The molecule has 0 radical (unpaired) electrons. The highest BCUT2D eigenvalue weighted by molar-refractivity contribution is 7.80. The van der Waals surface area contributed by atoms with Crippen molar-refractivity contribution in [2.45, 2.75) is 52.4 Å². The molecule has 2 heteroatoms. The van der Waals surface area contributed by atoms with Crippen LogP contribution in [0.4, 0.5) is 0 Å². The smallest absolute Gasteiger partial charge is 0.00161 e. The predicted molar refractivity (Wildman–Crippen MR) is 76.3 cm³/mol. The molecule has 0 amide bonds. The molecule has 2 unspecified atom stereocenters. The van der Waals surface area contributed by atoms with Gasteiger partial charge in [0.15, 0.2) is 0 Å². The maximum atomic E-state index is 4.31. The lowest BCUT2D eigenvalue weighted by molar-refractivity contribution is 0.259. The molecule has 0 aromatic rings. The van der Waals surface area contributed by atoms with Gasteiger partial charge in [0.1, 0.15) is 0 Å². The number of nitrogens with zero attached hydrogens (tertiary/aromatic N) is 1. The van der Waals surface area contributed by atoms with Gasteiger partial charge in [-0.25, -0.2) is 0 Å². The normalized spacial score (nSPS) is 25.3. The first-order valence-electron chi connectivity index (χ1n) is 7.09. The van der Waals surface area contributed by atoms with E-state index >= 15 is 0 Å². The largest absolute Gasteiger partial charge is 0.303 e. The SMILES string of the molecule is CCC1CCCN(CCC(C)CCS)CC1. The molecule has 0 spiro atoms. The Labute approximate surface area is 107 Å². The van der Waals surface area contributed by atoms with E-state index in [1.807, 2.05) is 0 Å². The summed E-state index contributed by atoms with van der Waals surface area (Å²) in [6, 6.07) is 0. The maximum absolute atomic E-state index is 4.31. The van der Waals surface area contributed by atoms with E-state index in [0.717, 1.165) is 17.6 Å². The Hall–Kier alpha value is 0.310. The van der Waals surface area contributed by atoms with Crippen LogP contribution in [0.5, 0.6) is 0 Å². The summed E-state index contributed by atoms with van der Waals surface area (Å²) in [5.41, 5.74) is 0. The average molecular weight is 243 g/mol. The molecule has 0 aromatic carbocycles. The monoisotopic (exact) mass is 243 g/mol. The van der Waals surface area contributed by atoms with Gasteiger partial charge >= 0.3 is 0 Å². The molecule has 1 aliphatic rings. The van der Waals surface area contributed by atoms with E-state index in [-0.39, 0.29) is 0 Å². The third kappa shape index (κ3) is 5.58.